The highest BCUT2D eigenvalue weighted by Gasteiger charge is 1.95. The second-order valence-corrected chi connectivity index (χ2v) is 3.18. The van der Waals surface area contributed by atoms with Gasteiger partial charge in [0.05, 0.1) is 13.2 Å². The second kappa shape index (κ2) is 17.6. The number of aliphatic hydroxyl groups is 1. The summed E-state index contributed by atoms with van der Waals surface area (Å²) in [6.45, 7) is 8.77. The van der Waals surface area contributed by atoms with Gasteiger partial charge in [-0.15, -0.1) is 0 Å². The minimum atomic E-state index is -0.480. The van der Waals surface area contributed by atoms with E-state index in [1.165, 1.54) is 32.4 Å². The van der Waals surface area contributed by atoms with Crippen LogP contribution in [0.25, 0.3) is 0 Å². The predicted octanol–water partition coefficient (Wildman–Crippen LogP) is 1.51. The fourth-order valence-corrected chi connectivity index (χ4v) is 1.14. The Morgan fingerprint density at radius 3 is 2.18 bits per heavy atom. The Morgan fingerprint density at radius 2 is 1.88 bits per heavy atom. The van der Waals surface area contributed by atoms with E-state index in [2.05, 4.69) is 15.4 Å². The number of carbonyl (C=O) groups excluding carboxylic acids is 1. The minimum Gasteiger partial charge on any atom is -0.450 e. The Bertz CT molecular complexity index is 139. The van der Waals surface area contributed by atoms with E-state index >= 15 is 0 Å². The van der Waals surface area contributed by atoms with Crippen LogP contribution >= 0.6 is 0 Å². The molecule has 0 radical (unpaired) electrons. The molecule has 0 aromatic carbocycles. The number of piperidine rings is 1. The first-order valence-electron chi connectivity index (χ1n) is 6.53. The van der Waals surface area contributed by atoms with Gasteiger partial charge in [-0.3, -0.25) is 0 Å². The van der Waals surface area contributed by atoms with Crippen molar-refractivity contribution in [2.24, 2.45) is 0 Å². The molecular formula is C12H28N2O3. The molecular weight excluding hydrogens is 220 g/mol. The smallest absolute Gasteiger partial charge is 0.407 e. The number of hydrogen-bond donors (Lipinski definition) is 3. The number of amides is 1. The summed E-state index contributed by atoms with van der Waals surface area (Å²) < 4.78 is 4.48. The third-order valence-corrected chi connectivity index (χ3v) is 1.86. The summed E-state index contributed by atoms with van der Waals surface area (Å²) in [7, 11) is 0. The van der Waals surface area contributed by atoms with E-state index in [0.29, 0.717) is 6.61 Å². The maximum Gasteiger partial charge on any atom is 0.407 e. The zero-order valence-electron chi connectivity index (χ0n) is 11.4. The quantitative estimate of drug-likeness (QED) is 0.708. The number of alkyl carbamates (subject to hydrolysis) is 1. The number of hydrogen-bond acceptors (Lipinski definition) is 4. The van der Waals surface area contributed by atoms with Gasteiger partial charge >= 0.3 is 6.09 Å². The van der Waals surface area contributed by atoms with E-state index in [9.17, 15) is 4.79 Å². The monoisotopic (exact) mass is 248 g/mol. The van der Waals surface area contributed by atoms with Gasteiger partial charge in [-0.2, -0.15) is 0 Å². The number of rotatable bonds is 3. The van der Waals surface area contributed by atoms with Crippen molar-refractivity contribution >= 4 is 6.09 Å². The van der Waals surface area contributed by atoms with E-state index < -0.39 is 6.09 Å². The van der Waals surface area contributed by atoms with E-state index in [-0.39, 0.29) is 13.2 Å². The third-order valence-electron chi connectivity index (χ3n) is 1.86. The molecule has 1 rings (SSSR count). The molecule has 1 saturated heterocycles. The van der Waals surface area contributed by atoms with Crippen LogP contribution in [0.5, 0.6) is 0 Å². The van der Waals surface area contributed by atoms with Gasteiger partial charge < -0.3 is 20.5 Å². The number of ether oxygens (including phenoxy) is 1. The molecule has 0 atom stereocenters. The fraction of sp³-hybridized carbons (Fsp3) is 0.917. The Morgan fingerprint density at radius 1 is 1.29 bits per heavy atom. The summed E-state index contributed by atoms with van der Waals surface area (Å²) in [5.74, 6) is 0. The van der Waals surface area contributed by atoms with E-state index in [0.717, 1.165) is 0 Å². The first kappa shape index (κ1) is 18.6. The van der Waals surface area contributed by atoms with Crippen molar-refractivity contribution in [3.63, 3.8) is 0 Å². The molecule has 17 heavy (non-hydrogen) atoms. The first-order chi connectivity index (χ1) is 8.31. The molecule has 1 aliphatic heterocycles. The van der Waals surface area contributed by atoms with Crippen LogP contribution in [0.3, 0.4) is 0 Å². The Labute approximate surface area is 105 Å². The second-order valence-electron chi connectivity index (χ2n) is 3.18. The average molecular weight is 248 g/mol. The summed E-state index contributed by atoms with van der Waals surface area (Å²) in [5, 5.41) is 13.8. The van der Waals surface area contributed by atoms with Gasteiger partial charge in [0, 0.05) is 6.54 Å². The first-order valence-corrected chi connectivity index (χ1v) is 6.53. The van der Waals surface area contributed by atoms with Crippen LogP contribution in [0, 0.1) is 0 Å². The Balaban J connectivity index is 0. The van der Waals surface area contributed by atoms with Crippen molar-refractivity contribution in [2.45, 2.75) is 40.0 Å². The zero-order valence-corrected chi connectivity index (χ0v) is 11.4. The standard InChI is InChI=1S/C5H11NO3.C5H11N.C2H6/c1-2-9-5(8)6-3-4-7;1-2-4-6-5-3-1;1-2/h7H,2-4H2,1H3,(H,6,8);6H,1-5H2;1-2H3. The molecule has 0 aliphatic carbocycles. The van der Waals surface area contributed by atoms with Crippen LogP contribution < -0.4 is 10.6 Å². The molecule has 3 N–H and O–H groups in total. The maximum atomic E-state index is 10.4. The van der Waals surface area contributed by atoms with E-state index in [4.69, 9.17) is 5.11 Å². The summed E-state index contributed by atoms with van der Waals surface area (Å²) >= 11 is 0. The summed E-state index contributed by atoms with van der Waals surface area (Å²) in [6.07, 6.45) is 3.74. The molecule has 0 aromatic rings. The van der Waals surface area contributed by atoms with Gasteiger partial charge in [0.25, 0.3) is 0 Å². The summed E-state index contributed by atoms with van der Waals surface area (Å²) in [6, 6.07) is 0. The SMILES string of the molecule is C1CCNCC1.CC.CCOC(=O)NCCO. The molecule has 104 valence electrons. The number of nitrogens with one attached hydrogen (secondary N) is 2. The molecule has 1 amide bonds. The maximum absolute atomic E-state index is 10.4. The van der Waals surface area contributed by atoms with Crippen molar-refractivity contribution in [3.8, 4) is 0 Å². The third kappa shape index (κ3) is 17.8. The lowest BCUT2D eigenvalue weighted by atomic mass is 10.2. The lowest BCUT2D eigenvalue weighted by molar-refractivity contribution is 0.149. The minimum absolute atomic E-state index is 0.0567. The van der Waals surface area contributed by atoms with Gasteiger partial charge in [-0.25, -0.2) is 4.79 Å². The van der Waals surface area contributed by atoms with Crippen molar-refractivity contribution in [2.75, 3.05) is 32.8 Å². The molecule has 0 saturated carbocycles. The largest absolute Gasteiger partial charge is 0.450 e. The van der Waals surface area contributed by atoms with Crippen LogP contribution in [0.4, 0.5) is 4.79 Å². The molecule has 1 fully saturated rings. The highest BCUT2D eigenvalue weighted by molar-refractivity contribution is 5.66. The molecule has 0 spiro atoms. The van der Waals surface area contributed by atoms with Crippen molar-refractivity contribution in [1.29, 1.82) is 0 Å². The van der Waals surface area contributed by atoms with E-state index in [1.54, 1.807) is 6.92 Å². The normalized spacial score (nSPS) is 13.4. The predicted molar refractivity (Wildman–Crippen MR) is 70.2 cm³/mol. The van der Waals surface area contributed by atoms with Crippen LogP contribution in [0.2, 0.25) is 0 Å². The van der Waals surface area contributed by atoms with Crippen molar-refractivity contribution in [1.82, 2.24) is 10.6 Å². The molecule has 0 bridgehead atoms. The van der Waals surface area contributed by atoms with Crippen molar-refractivity contribution in [3.05, 3.63) is 0 Å². The lowest BCUT2D eigenvalue weighted by Gasteiger charge is -2.08. The molecule has 0 aromatic heterocycles. The highest BCUT2D eigenvalue weighted by atomic mass is 16.5. The topological polar surface area (TPSA) is 70.6 Å². The molecule has 0 unspecified atom stereocenters. The van der Waals surface area contributed by atoms with Crippen molar-refractivity contribution < 1.29 is 14.6 Å². The Hall–Kier alpha value is -0.810. The highest BCUT2D eigenvalue weighted by Crippen LogP contribution is 1.96. The fourth-order valence-electron chi connectivity index (χ4n) is 1.14. The molecule has 5 heteroatoms. The summed E-state index contributed by atoms with van der Waals surface area (Å²) in [5.41, 5.74) is 0. The van der Waals surface area contributed by atoms with Gasteiger partial charge in [-0.1, -0.05) is 20.3 Å². The molecule has 1 heterocycles. The van der Waals surface area contributed by atoms with Gasteiger partial charge in [0.15, 0.2) is 0 Å². The Kier molecular flexibility index (Phi) is 19.2. The lowest BCUT2D eigenvalue weighted by Crippen LogP contribution is -2.26. The summed E-state index contributed by atoms with van der Waals surface area (Å²) in [4.78, 5) is 10.4. The van der Waals surface area contributed by atoms with Gasteiger partial charge in [-0.05, 0) is 32.9 Å². The molecule has 1 aliphatic rings. The zero-order chi connectivity index (χ0) is 13.4. The van der Waals surface area contributed by atoms with Gasteiger partial charge in [0.2, 0.25) is 0 Å². The number of aliphatic hydroxyl groups excluding tert-OH is 1. The van der Waals surface area contributed by atoms with E-state index in [1.807, 2.05) is 13.8 Å². The van der Waals surface area contributed by atoms with Crippen LogP contribution in [0.15, 0.2) is 0 Å². The van der Waals surface area contributed by atoms with Crippen LogP contribution in [-0.2, 0) is 4.74 Å². The van der Waals surface area contributed by atoms with Gasteiger partial charge in [0.1, 0.15) is 0 Å². The number of carbonyl (C=O) groups is 1. The van der Waals surface area contributed by atoms with Crippen LogP contribution in [-0.4, -0.2) is 44.0 Å². The van der Waals surface area contributed by atoms with Crippen LogP contribution in [0.1, 0.15) is 40.0 Å². The average Bonchev–Trinajstić information content (AvgIpc) is 2.42. The molecule has 5 nitrogen and oxygen atoms in total.